The van der Waals surface area contributed by atoms with Crippen LogP contribution in [0.15, 0.2) is 12.1 Å². The van der Waals surface area contributed by atoms with Crippen molar-refractivity contribution < 1.29 is 17.9 Å². The quantitative estimate of drug-likeness (QED) is 0.857. The molecule has 1 fully saturated rings. The summed E-state index contributed by atoms with van der Waals surface area (Å²) in [6.45, 7) is 0.657. The third-order valence-electron chi connectivity index (χ3n) is 3.50. The van der Waals surface area contributed by atoms with E-state index < -0.39 is 18.2 Å². The molecule has 1 aliphatic rings. The molecule has 1 aromatic rings. The molecule has 6 heteroatoms. The van der Waals surface area contributed by atoms with Gasteiger partial charge >= 0.3 is 6.61 Å². The Morgan fingerprint density at radius 1 is 1.47 bits per heavy atom. The number of rotatable bonds is 4. The van der Waals surface area contributed by atoms with Crippen molar-refractivity contribution in [2.45, 2.75) is 26.4 Å². The van der Waals surface area contributed by atoms with Gasteiger partial charge in [0.2, 0.25) is 0 Å². The van der Waals surface area contributed by atoms with Gasteiger partial charge in [-0.15, -0.1) is 0 Å². The Hall–Kier alpha value is -1.59. The number of hydrogen-bond donors (Lipinski definition) is 1. The van der Waals surface area contributed by atoms with Gasteiger partial charge in [0.1, 0.15) is 0 Å². The zero-order valence-electron chi connectivity index (χ0n) is 10.7. The lowest BCUT2D eigenvalue weighted by Crippen LogP contribution is -2.21. The average molecular weight is 274 g/mol. The highest BCUT2D eigenvalue weighted by Gasteiger charge is 2.24. The predicted octanol–water partition coefficient (Wildman–Crippen LogP) is 3.25. The zero-order chi connectivity index (χ0) is 14.0. The van der Waals surface area contributed by atoms with Crippen molar-refractivity contribution in [1.29, 1.82) is 0 Å². The van der Waals surface area contributed by atoms with Crippen LogP contribution in [-0.4, -0.2) is 19.7 Å². The molecule has 0 radical (unpaired) electrons. The van der Waals surface area contributed by atoms with Gasteiger partial charge in [0.25, 0.3) is 0 Å². The molecule has 0 spiro atoms. The maximum Gasteiger partial charge on any atom is 0.387 e. The first-order valence-corrected chi connectivity index (χ1v) is 6.30. The van der Waals surface area contributed by atoms with Gasteiger partial charge in [0.15, 0.2) is 11.6 Å². The monoisotopic (exact) mass is 274 g/mol. The standard InChI is InChI=1S/C13H17F3N2O/c1-2-8-3-4-18(7-8)11-6-12(19-13(15)16)9(14)5-10(11)17/h5-6,8,13H,2-4,7,17H2,1H3. The minimum absolute atomic E-state index is 0.246. The van der Waals surface area contributed by atoms with Gasteiger partial charge in [0, 0.05) is 25.2 Å². The Kier molecular flexibility index (Phi) is 4.07. The van der Waals surface area contributed by atoms with Crippen molar-refractivity contribution >= 4 is 11.4 Å². The number of alkyl halides is 2. The van der Waals surface area contributed by atoms with Crippen molar-refractivity contribution in [3.63, 3.8) is 0 Å². The Labute approximate surface area is 110 Å². The number of nitrogens with two attached hydrogens (primary N) is 1. The van der Waals surface area contributed by atoms with E-state index in [4.69, 9.17) is 5.73 Å². The molecule has 0 aromatic heterocycles. The predicted molar refractivity (Wildman–Crippen MR) is 68.1 cm³/mol. The lowest BCUT2D eigenvalue weighted by molar-refractivity contribution is -0.0521. The Balaban J connectivity index is 2.25. The summed E-state index contributed by atoms with van der Waals surface area (Å²) in [4.78, 5) is 1.99. The molecule has 1 saturated heterocycles. The van der Waals surface area contributed by atoms with Crippen LogP contribution in [0.3, 0.4) is 0 Å². The number of benzene rings is 1. The van der Waals surface area contributed by atoms with Crippen LogP contribution in [0.5, 0.6) is 5.75 Å². The van der Waals surface area contributed by atoms with Gasteiger partial charge in [-0.2, -0.15) is 8.78 Å². The summed E-state index contributed by atoms with van der Waals surface area (Å²) in [6.07, 6.45) is 2.08. The second-order valence-electron chi connectivity index (χ2n) is 4.73. The molecule has 1 heterocycles. The number of nitrogen functional groups attached to an aromatic ring is 1. The van der Waals surface area contributed by atoms with E-state index in [1.165, 1.54) is 6.07 Å². The number of halogens is 3. The van der Waals surface area contributed by atoms with Gasteiger partial charge < -0.3 is 15.4 Å². The first-order chi connectivity index (χ1) is 9.01. The van der Waals surface area contributed by atoms with E-state index in [9.17, 15) is 13.2 Å². The smallest absolute Gasteiger partial charge is 0.387 e. The van der Waals surface area contributed by atoms with Crippen LogP contribution in [0, 0.1) is 11.7 Å². The summed E-state index contributed by atoms with van der Waals surface area (Å²) in [5.41, 5.74) is 6.57. The number of hydrogen-bond acceptors (Lipinski definition) is 3. The summed E-state index contributed by atoms with van der Waals surface area (Å²) in [7, 11) is 0. The van der Waals surface area contributed by atoms with Gasteiger partial charge in [-0.3, -0.25) is 0 Å². The SMILES string of the molecule is CCC1CCN(c2cc(OC(F)F)c(F)cc2N)C1. The average Bonchev–Trinajstić information content (AvgIpc) is 2.80. The molecule has 0 amide bonds. The van der Waals surface area contributed by atoms with Crippen molar-refractivity contribution in [3.8, 4) is 5.75 Å². The van der Waals surface area contributed by atoms with Crippen LogP contribution in [0.1, 0.15) is 19.8 Å². The van der Waals surface area contributed by atoms with E-state index in [1.54, 1.807) is 0 Å². The second kappa shape index (κ2) is 5.59. The highest BCUT2D eigenvalue weighted by molar-refractivity contribution is 5.70. The maximum atomic E-state index is 13.5. The van der Waals surface area contributed by atoms with Crippen molar-refractivity contribution in [2.75, 3.05) is 23.7 Å². The fourth-order valence-electron chi connectivity index (χ4n) is 2.40. The van der Waals surface area contributed by atoms with Gasteiger partial charge in [-0.25, -0.2) is 4.39 Å². The Morgan fingerprint density at radius 3 is 2.79 bits per heavy atom. The summed E-state index contributed by atoms with van der Waals surface area (Å²) in [6, 6.07) is 2.29. The van der Waals surface area contributed by atoms with E-state index >= 15 is 0 Å². The normalized spacial score (nSPS) is 19.2. The molecule has 2 rings (SSSR count). The van der Waals surface area contributed by atoms with E-state index in [2.05, 4.69) is 11.7 Å². The molecule has 1 atom stereocenters. The highest BCUT2D eigenvalue weighted by Crippen LogP contribution is 2.35. The van der Waals surface area contributed by atoms with E-state index in [-0.39, 0.29) is 5.69 Å². The summed E-state index contributed by atoms with van der Waals surface area (Å²) in [5, 5.41) is 0. The van der Waals surface area contributed by atoms with Crippen molar-refractivity contribution in [2.24, 2.45) is 5.92 Å². The van der Waals surface area contributed by atoms with Crippen LogP contribution < -0.4 is 15.4 Å². The molecule has 0 saturated carbocycles. The third-order valence-corrected chi connectivity index (χ3v) is 3.50. The van der Waals surface area contributed by atoms with Crippen LogP contribution in [0.4, 0.5) is 24.5 Å². The van der Waals surface area contributed by atoms with Crippen LogP contribution >= 0.6 is 0 Å². The molecule has 1 aliphatic heterocycles. The minimum atomic E-state index is -3.05. The second-order valence-corrected chi connectivity index (χ2v) is 4.73. The van der Waals surface area contributed by atoms with Crippen LogP contribution in [0.25, 0.3) is 0 Å². The van der Waals surface area contributed by atoms with E-state index in [0.29, 0.717) is 11.6 Å². The largest absolute Gasteiger partial charge is 0.432 e. The molecule has 0 bridgehead atoms. The van der Waals surface area contributed by atoms with Crippen LogP contribution in [0.2, 0.25) is 0 Å². The van der Waals surface area contributed by atoms with Gasteiger partial charge in [0.05, 0.1) is 11.4 Å². The zero-order valence-corrected chi connectivity index (χ0v) is 10.7. The van der Waals surface area contributed by atoms with E-state index in [0.717, 1.165) is 32.0 Å². The number of anilines is 2. The van der Waals surface area contributed by atoms with Crippen molar-refractivity contribution in [1.82, 2.24) is 0 Å². The molecule has 1 unspecified atom stereocenters. The van der Waals surface area contributed by atoms with Crippen molar-refractivity contribution in [3.05, 3.63) is 17.9 Å². The topological polar surface area (TPSA) is 38.5 Å². The maximum absolute atomic E-state index is 13.5. The van der Waals surface area contributed by atoms with Gasteiger partial charge in [-0.1, -0.05) is 13.3 Å². The fraction of sp³-hybridized carbons (Fsp3) is 0.538. The minimum Gasteiger partial charge on any atom is -0.432 e. The van der Waals surface area contributed by atoms with Gasteiger partial charge in [-0.05, 0) is 12.3 Å². The summed E-state index contributed by atoms with van der Waals surface area (Å²) >= 11 is 0. The van der Waals surface area contributed by atoms with E-state index in [1.807, 2.05) is 4.90 Å². The summed E-state index contributed by atoms with van der Waals surface area (Å²) < 4.78 is 42.0. The molecule has 19 heavy (non-hydrogen) atoms. The third kappa shape index (κ3) is 3.05. The molecule has 1 aromatic carbocycles. The summed E-state index contributed by atoms with van der Waals surface area (Å²) in [5.74, 6) is -0.768. The Morgan fingerprint density at radius 2 is 2.21 bits per heavy atom. The molecule has 0 aliphatic carbocycles. The Bertz CT molecular complexity index is 454. The number of nitrogens with zero attached hydrogens (tertiary/aromatic N) is 1. The molecule has 106 valence electrons. The lowest BCUT2D eigenvalue weighted by atomic mass is 10.1. The molecule has 2 N–H and O–H groups in total. The lowest BCUT2D eigenvalue weighted by Gasteiger charge is -2.21. The number of ether oxygens (including phenoxy) is 1. The molecular weight excluding hydrogens is 257 g/mol. The first kappa shape index (κ1) is 13.8. The molecule has 3 nitrogen and oxygen atoms in total. The highest BCUT2D eigenvalue weighted by atomic mass is 19.3. The van der Waals surface area contributed by atoms with Crippen LogP contribution in [-0.2, 0) is 0 Å². The molecular formula is C13H17F3N2O. The fourth-order valence-corrected chi connectivity index (χ4v) is 2.40. The first-order valence-electron chi connectivity index (χ1n) is 6.30.